The molecule has 1 aromatic carbocycles. The first-order valence-electron chi connectivity index (χ1n) is 9.09. The normalized spacial score (nSPS) is 20.1. The van der Waals surface area contributed by atoms with Gasteiger partial charge in [-0.15, -0.1) is 0 Å². The number of ether oxygens (including phenoxy) is 2. The summed E-state index contributed by atoms with van der Waals surface area (Å²) >= 11 is 0. The third kappa shape index (κ3) is 5.68. The smallest absolute Gasteiger partial charge is 0.387 e. The molecule has 2 rings (SSSR count). The SMILES string of the molecule is CCOc1cccc(/C=C(\C#N)C(=O)N[C@@H]2CCCC[C@H]2C)c1OC(F)F. The number of carbonyl (C=O) groups excluding carboxylic acids is 1. The monoisotopic (exact) mass is 378 g/mol. The van der Waals surface area contributed by atoms with Gasteiger partial charge in [0.05, 0.1) is 6.61 Å². The Morgan fingerprint density at radius 2 is 2.15 bits per heavy atom. The quantitative estimate of drug-likeness (QED) is 0.568. The maximum absolute atomic E-state index is 12.8. The van der Waals surface area contributed by atoms with Crippen molar-refractivity contribution in [3.05, 3.63) is 29.3 Å². The third-order valence-corrected chi connectivity index (χ3v) is 4.61. The lowest BCUT2D eigenvalue weighted by Crippen LogP contribution is -2.41. The molecule has 1 N–H and O–H groups in total. The zero-order valence-corrected chi connectivity index (χ0v) is 15.5. The highest BCUT2D eigenvalue weighted by atomic mass is 19.3. The van der Waals surface area contributed by atoms with E-state index < -0.39 is 12.5 Å². The number of hydrogen-bond acceptors (Lipinski definition) is 4. The van der Waals surface area contributed by atoms with Gasteiger partial charge in [0, 0.05) is 11.6 Å². The Morgan fingerprint density at radius 1 is 1.41 bits per heavy atom. The van der Waals surface area contributed by atoms with Gasteiger partial charge in [0.2, 0.25) is 0 Å². The van der Waals surface area contributed by atoms with Gasteiger partial charge in [-0.1, -0.05) is 31.9 Å². The summed E-state index contributed by atoms with van der Waals surface area (Å²) in [5.74, 6) is -0.242. The summed E-state index contributed by atoms with van der Waals surface area (Å²) in [7, 11) is 0. The van der Waals surface area contributed by atoms with E-state index in [2.05, 4.69) is 17.0 Å². The number of rotatable bonds is 7. The topological polar surface area (TPSA) is 71.3 Å². The lowest BCUT2D eigenvalue weighted by molar-refractivity contribution is -0.118. The summed E-state index contributed by atoms with van der Waals surface area (Å²) in [5, 5.41) is 12.3. The summed E-state index contributed by atoms with van der Waals surface area (Å²) < 4.78 is 35.5. The second-order valence-corrected chi connectivity index (χ2v) is 6.50. The van der Waals surface area contributed by atoms with Gasteiger partial charge in [-0.3, -0.25) is 4.79 Å². The van der Waals surface area contributed by atoms with Crippen LogP contribution in [0.15, 0.2) is 23.8 Å². The van der Waals surface area contributed by atoms with Crippen molar-refractivity contribution in [2.45, 2.75) is 52.2 Å². The van der Waals surface area contributed by atoms with Gasteiger partial charge < -0.3 is 14.8 Å². The van der Waals surface area contributed by atoms with E-state index in [1.54, 1.807) is 13.0 Å². The van der Waals surface area contributed by atoms with Gasteiger partial charge in [0.1, 0.15) is 11.6 Å². The van der Waals surface area contributed by atoms with Crippen LogP contribution in [0.3, 0.4) is 0 Å². The molecule has 1 aliphatic carbocycles. The molecule has 2 atom stereocenters. The van der Waals surface area contributed by atoms with Crippen molar-refractivity contribution in [2.75, 3.05) is 6.61 Å². The van der Waals surface area contributed by atoms with Crippen LogP contribution < -0.4 is 14.8 Å². The van der Waals surface area contributed by atoms with Crippen LogP contribution in [-0.4, -0.2) is 25.2 Å². The Hall–Kier alpha value is -2.62. The number of alkyl halides is 2. The Balaban J connectivity index is 2.29. The third-order valence-electron chi connectivity index (χ3n) is 4.61. The molecule has 5 nitrogen and oxygen atoms in total. The van der Waals surface area contributed by atoms with Crippen molar-refractivity contribution in [1.29, 1.82) is 5.26 Å². The highest BCUT2D eigenvalue weighted by Gasteiger charge is 2.24. The van der Waals surface area contributed by atoms with Crippen LogP contribution in [0.25, 0.3) is 6.08 Å². The molecule has 0 heterocycles. The van der Waals surface area contributed by atoms with Crippen LogP contribution in [0.4, 0.5) is 8.78 Å². The first kappa shape index (κ1) is 20.7. The number of para-hydroxylation sites is 1. The molecule has 0 spiro atoms. The van der Waals surface area contributed by atoms with Crippen LogP contribution in [-0.2, 0) is 4.79 Å². The number of benzene rings is 1. The van der Waals surface area contributed by atoms with E-state index in [4.69, 9.17) is 4.74 Å². The summed E-state index contributed by atoms with van der Waals surface area (Å²) in [6.07, 6.45) is 5.31. The minimum atomic E-state index is -3.05. The number of halogens is 2. The number of amides is 1. The van der Waals surface area contributed by atoms with Gasteiger partial charge in [-0.25, -0.2) is 0 Å². The van der Waals surface area contributed by atoms with E-state index in [1.165, 1.54) is 18.2 Å². The number of nitrogens with one attached hydrogen (secondary N) is 1. The lowest BCUT2D eigenvalue weighted by Gasteiger charge is -2.29. The lowest BCUT2D eigenvalue weighted by atomic mass is 9.86. The highest BCUT2D eigenvalue weighted by Crippen LogP contribution is 2.34. The molecule has 1 fully saturated rings. The second kappa shape index (κ2) is 9.91. The fraction of sp³-hybridized carbons (Fsp3) is 0.500. The molecule has 7 heteroatoms. The van der Waals surface area contributed by atoms with Gasteiger partial charge in [-0.2, -0.15) is 14.0 Å². The number of hydrogen-bond donors (Lipinski definition) is 1. The molecular weight excluding hydrogens is 354 g/mol. The average molecular weight is 378 g/mol. The van der Waals surface area contributed by atoms with Crippen LogP contribution in [0, 0.1) is 17.2 Å². The largest absolute Gasteiger partial charge is 0.490 e. The minimum Gasteiger partial charge on any atom is -0.490 e. The van der Waals surface area contributed by atoms with E-state index in [0.29, 0.717) is 5.92 Å². The van der Waals surface area contributed by atoms with Gasteiger partial charge >= 0.3 is 6.61 Å². The van der Waals surface area contributed by atoms with Crippen molar-refractivity contribution in [3.63, 3.8) is 0 Å². The number of nitriles is 1. The standard InChI is InChI=1S/C20H24F2N2O3/c1-3-26-17-10-6-8-14(18(17)27-20(21)22)11-15(12-23)19(25)24-16-9-5-4-7-13(16)2/h6,8,10-11,13,16,20H,3-5,7,9H2,1-2H3,(H,24,25)/b15-11+/t13-,16-/m1/s1. The molecule has 1 amide bonds. The van der Waals surface area contributed by atoms with E-state index in [9.17, 15) is 18.8 Å². The predicted octanol–water partition coefficient (Wildman–Crippen LogP) is 4.29. The number of carbonyl (C=O) groups is 1. The molecule has 1 aliphatic rings. The zero-order valence-electron chi connectivity index (χ0n) is 15.5. The molecule has 1 saturated carbocycles. The van der Waals surface area contributed by atoms with Gasteiger partial charge in [-0.05, 0) is 37.8 Å². The minimum absolute atomic E-state index is 0.00884. The van der Waals surface area contributed by atoms with Gasteiger partial charge in [0.25, 0.3) is 5.91 Å². The zero-order chi connectivity index (χ0) is 19.8. The fourth-order valence-electron chi connectivity index (χ4n) is 3.21. The molecule has 0 aliphatic heterocycles. The Bertz CT molecular complexity index is 728. The van der Waals surface area contributed by atoms with Crippen LogP contribution in [0.1, 0.15) is 45.1 Å². The summed E-state index contributed by atoms with van der Waals surface area (Å²) in [4.78, 5) is 12.5. The van der Waals surface area contributed by atoms with Crippen molar-refractivity contribution in [3.8, 4) is 17.6 Å². The Kier molecular flexibility index (Phi) is 7.59. The highest BCUT2D eigenvalue weighted by molar-refractivity contribution is 6.02. The predicted molar refractivity (Wildman–Crippen MR) is 97.4 cm³/mol. The molecule has 0 saturated heterocycles. The van der Waals surface area contributed by atoms with Gasteiger partial charge in [0.15, 0.2) is 11.5 Å². The summed E-state index contributed by atoms with van der Waals surface area (Å²) in [6, 6.07) is 6.44. The van der Waals surface area contributed by atoms with Crippen LogP contribution in [0.5, 0.6) is 11.5 Å². The molecular formula is C20H24F2N2O3. The van der Waals surface area contributed by atoms with Crippen molar-refractivity contribution >= 4 is 12.0 Å². The van der Waals surface area contributed by atoms with Crippen molar-refractivity contribution < 1.29 is 23.0 Å². The van der Waals surface area contributed by atoms with Crippen molar-refractivity contribution in [2.24, 2.45) is 5.92 Å². The van der Waals surface area contributed by atoms with Crippen LogP contribution >= 0.6 is 0 Å². The fourth-order valence-corrected chi connectivity index (χ4v) is 3.21. The molecule has 0 unspecified atom stereocenters. The first-order valence-corrected chi connectivity index (χ1v) is 9.09. The van der Waals surface area contributed by atoms with E-state index in [0.717, 1.165) is 25.7 Å². The molecule has 0 bridgehead atoms. The first-order chi connectivity index (χ1) is 13.0. The molecule has 0 radical (unpaired) electrons. The Morgan fingerprint density at radius 3 is 2.78 bits per heavy atom. The van der Waals surface area contributed by atoms with Crippen LogP contribution in [0.2, 0.25) is 0 Å². The molecule has 0 aromatic heterocycles. The summed E-state index contributed by atoms with van der Waals surface area (Å²) in [6.45, 7) is 0.993. The average Bonchev–Trinajstić information content (AvgIpc) is 2.63. The Labute approximate surface area is 158 Å². The maximum Gasteiger partial charge on any atom is 0.387 e. The maximum atomic E-state index is 12.8. The number of nitrogens with zero attached hydrogens (tertiary/aromatic N) is 1. The van der Waals surface area contributed by atoms with E-state index in [1.807, 2.05) is 6.07 Å². The second-order valence-electron chi connectivity index (χ2n) is 6.50. The summed E-state index contributed by atoms with van der Waals surface area (Å²) in [5.41, 5.74) is 0.0187. The van der Waals surface area contributed by atoms with E-state index in [-0.39, 0.29) is 35.3 Å². The van der Waals surface area contributed by atoms with Crippen molar-refractivity contribution in [1.82, 2.24) is 5.32 Å². The molecule has 146 valence electrons. The molecule has 1 aromatic rings. The van der Waals surface area contributed by atoms with E-state index >= 15 is 0 Å². The molecule has 27 heavy (non-hydrogen) atoms.